The highest BCUT2D eigenvalue weighted by Crippen LogP contribution is 2.22. The van der Waals surface area contributed by atoms with Gasteiger partial charge in [0.1, 0.15) is 0 Å². The monoisotopic (exact) mass is 239 g/mol. The summed E-state index contributed by atoms with van der Waals surface area (Å²) in [5.41, 5.74) is 3.97. The molecule has 0 radical (unpaired) electrons. The van der Waals surface area contributed by atoms with Crippen LogP contribution in [-0.2, 0) is 0 Å². The summed E-state index contributed by atoms with van der Waals surface area (Å²) >= 11 is 0. The van der Waals surface area contributed by atoms with Crippen molar-refractivity contribution in [3.63, 3.8) is 0 Å². The molecule has 2 rings (SSSR count). The fourth-order valence-corrected chi connectivity index (χ4v) is 2.11. The van der Waals surface area contributed by atoms with E-state index in [9.17, 15) is 0 Å². The van der Waals surface area contributed by atoms with Gasteiger partial charge in [0.2, 0.25) is 0 Å². The van der Waals surface area contributed by atoms with Gasteiger partial charge in [-0.25, -0.2) is 0 Å². The van der Waals surface area contributed by atoms with Crippen molar-refractivity contribution in [3.8, 4) is 11.1 Å². The first-order valence-electron chi connectivity index (χ1n) is 6.67. The molecule has 0 fully saturated rings. The molecule has 0 saturated carbocycles. The normalized spacial score (nSPS) is 12.3. The van der Waals surface area contributed by atoms with Crippen LogP contribution in [-0.4, -0.2) is 13.1 Å². The second-order valence-electron chi connectivity index (χ2n) is 4.70. The lowest BCUT2D eigenvalue weighted by Crippen LogP contribution is -2.19. The lowest BCUT2D eigenvalue weighted by Gasteiger charge is -2.13. The number of rotatable bonds is 5. The predicted octanol–water partition coefficient (Wildman–Crippen LogP) is 4.07. The summed E-state index contributed by atoms with van der Waals surface area (Å²) < 4.78 is 0. The minimum absolute atomic E-state index is 0.565. The van der Waals surface area contributed by atoms with E-state index in [0.717, 1.165) is 13.1 Å². The summed E-state index contributed by atoms with van der Waals surface area (Å²) in [6.45, 7) is 6.49. The van der Waals surface area contributed by atoms with E-state index >= 15 is 0 Å². The summed E-state index contributed by atoms with van der Waals surface area (Å²) in [6.07, 6.45) is 0. The summed E-state index contributed by atoms with van der Waals surface area (Å²) in [5.74, 6) is 0.565. The molecule has 18 heavy (non-hydrogen) atoms. The second-order valence-corrected chi connectivity index (χ2v) is 4.70. The smallest absolute Gasteiger partial charge is 0.00173 e. The Morgan fingerprint density at radius 3 is 2.11 bits per heavy atom. The summed E-state index contributed by atoms with van der Waals surface area (Å²) in [6, 6.07) is 19.4. The second kappa shape index (κ2) is 6.36. The van der Waals surface area contributed by atoms with Crippen molar-refractivity contribution in [1.29, 1.82) is 0 Å². The van der Waals surface area contributed by atoms with Crippen LogP contribution in [0.15, 0.2) is 54.6 Å². The molecular formula is C17H21N. The van der Waals surface area contributed by atoms with E-state index < -0.39 is 0 Å². The number of hydrogen-bond acceptors (Lipinski definition) is 1. The van der Waals surface area contributed by atoms with Gasteiger partial charge < -0.3 is 5.32 Å². The molecule has 94 valence electrons. The van der Waals surface area contributed by atoms with Gasteiger partial charge in [-0.2, -0.15) is 0 Å². The van der Waals surface area contributed by atoms with Crippen LogP contribution in [0.2, 0.25) is 0 Å². The Labute approximate surface area is 110 Å². The van der Waals surface area contributed by atoms with Crippen LogP contribution < -0.4 is 5.32 Å². The number of benzene rings is 2. The largest absolute Gasteiger partial charge is 0.316 e. The van der Waals surface area contributed by atoms with Crippen LogP contribution in [0.5, 0.6) is 0 Å². The van der Waals surface area contributed by atoms with Crippen molar-refractivity contribution in [1.82, 2.24) is 5.32 Å². The molecule has 2 aromatic rings. The standard InChI is InChI=1S/C17H21N/c1-3-18-13-14(2)15-9-11-17(12-10-15)16-7-5-4-6-8-16/h4-12,14,18H,3,13H2,1-2H3. The molecule has 1 N–H and O–H groups in total. The first-order chi connectivity index (χ1) is 8.81. The van der Waals surface area contributed by atoms with Gasteiger partial charge in [-0.1, -0.05) is 68.4 Å². The molecule has 0 spiro atoms. The van der Waals surface area contributed by atoms with E-state index in [-0.39, 0.29) is 0 Å². The Morgan fingerprint density at radius 1 is 0.889 bits per heavy atom. The highest BCUT2D eigenvalue weighted by Gasteiger charge is 2.04. The minimum Gasteiger partial charge on any atom is -0.316 e. The lowest BCUT2D eigenvalue weighted by molar-refractivity contribution is 0.635. The van der Waals surface area contributed by atoms with Gasteiger partial charge >= 0.3 is 0 Å². The summed E-state index contributed by atoms with van der Waals surface area (Å²) in [4.78, 5) is 0. The Balaban J connectivity index is 2.10. The third-order valence-electron chi connectivity index (χ3n) is 3.29. The zero-order chi connectivity index (χ0) is 12.8. The van der Waals surface area contributed by atoms with Crippen molar-refractivity contribution >= 4 is 0 Å². The van der Waals surface area contributed by atoms with Crippen molar-refractivity contribution in [2.45, 2.75) is 19.8 Å². The number of hydrogen-bond donors (Lipinski definition) is 1. The van der Waals surface area contributed by atoms with Gasteiger partial charge in [-0.05, 0) is 29.2 Å². The fraction of sp³-hybridized carbons (Fsp3) is 0.294. The summed E-state index contributed by atoms with van der Waals surface area (Å²) in [5, 5.41) is 3.39. The molecule has 1 atom stereocenters. The molecule has 0 saturated heterocycles. The molecule has 0 bridgehead atoms. The maximum absolute atomic E-state index is 3.39. The molecule has 1 heteroatoms. The first kappa shape index (κ1) is 12.8. The van der Waals surface area contributed by atoms with E-state index in [0.29, 0.717) is 5.92 Å². The van der Waals surface area contributed by atoms with E-state index in [1.807, 2.05) is 0 Å². The third kappa shape index (κ3) is 3.21. The van der Waals surface area contributed by atoms with Gasteiger partial charge in [0.15, 0.2) is 0 Å². The van der Waals surface area contributed by atoms with E-state index in [4.69, 9.17) is 0 Å². The number of nitrogens with one attached hydrogen (secondary N) is 1. The molecule has 0 aromatic heterocycles. The SMILES string of the molecule is CCNCC(C)c1ccc(-c2ccccc2)cc1. The van der Waals surface area contributed by atoms with Gasteiger partial charge in [0.25, 0.3) is 0 Å². The molecular weight excluding hydrogens is 218 g/mol. The molecule has 1 unspecified atom stereocenters. The minimum atomic E-state index is 0.565. The van der Waals surface area contributed by atoms with Gasteiger partial charge in [-0.15, -0.1) is 0 Å². The van der Waals surface area contributed by atoms with Crippen LogP contribution in [0.25, 0.3) is 11.1 Å². The molecule has 0 aliphatic rings. The van der Waals surface area contributed by atoms with E-state index in [2.05, 4.69) is 73.8 Å². The fourth-order valence-electron chi connectivity index (χ4n) is 2.11. The maximum Gasteiger partial charge on any atom is 0.00173 e. The Hall–Kier alpha value is -1.60. The first-order valence-corrected chi connectivity index (χ1v) is 6.67. The van der Waals surface area contributed by atoms with Gasteiger partial charge in [0.05, 0.1) is 0 Å². The molecule has 0 heterocycles. The average Bonchev–Trinajstić information content (AvgIpc) is 2.46. The van der Waals surface area contributed by atoms with Gasteiger partial charge in [-0.3, -0.25) is 0 Å². The maximum atomic E-state index is 3.39. The van der Waals surface area contributed by atoms with Crippen LogP contribution in [0.3, 0.4) is 0 Å². The highest BCUT2D eigenvalue weighted by molar-refractivity contribution is 5.63. The van der Waals surface area contributed by atoms with Crippen LogP contribution in [0.1, 0.15) is 25.3 Å². The number of likely N-dealkylation sites (N-methyl/N-ethyl adjacent to an activating group) is 1. The zero-order valence-electron chi connectivity index (χ0n) is 11.2. The lowest BCUT2D eigenvalue weighted by atomic mass is 9.97. The van der Waals surface area contributed by atoms with Crippen LogP contribution in [0, 0.1) is 0 Å². The Bertz CT molecular complexity index is 459. The molecule has 0 amide bonds. The van der Waals surface area contributed by atoms with E-state index in [1.54, 1.807) is 0 Å². The quantitative estimate of drug-likeness (QED) is 0.829. The third-order valence-corrected chi connectivity index (χ3v) is 3.29. The van der Waals surface area contributed by atoms with Crippen molar-refractivity contribution < 1.29 is 0 Å². The van der Waals surface area contributed by atoms with Crippen LogP contribution >= 0.6 is 0 Å². The predicted molar refractivity (Wildman–Crippen MR) is 78.8 cm³/mol. The Morgan fingerprint density at radius 2 is 1.50 bits per heavy atom. The van der Waals surface area contributed by atoms with Crippen molar-refractivity contribution in [2.24, 2.45) is 0 Å². The van der Waals surface area contributed by atoms with E-state index in [1.165, 1.54) is 16.7 Å². The summed E-state index contributed by atoms with van der Waals surface area (Å²) in [7, 11) is 0. The molecule has 0 aliphatic carbocycles. The van der Waals surface area contributed by atoms with Crippen molar-refractivity contribution in [3.05, 3.63) is 60.2 Å². The molecule has 2 aromatic carbocycles. The average molecular weight is 239 g/mol. The molecule has 1 nitrogen and oxygen atoms in total. The zero-order valence-corrected chi connectivity index (χ0v) is 11.2. The van der Waals surface area contributed by atoms with Gasteiger partial charge in [0, 0.05) is 6.54 Å². The Kier molecular flexibility index (Phi) is 4.54. The molecule has 0 aliphatic heterocycles. The van der Waals surface area contributed by atoms with Crippen molar-refractivity contribution in [2.75, 3.05) is 13.1 Å². The topological polar surface area (TPSA) is 12.0 Å². The highest BCUT2D eigenvalue weighted by atomic mass is 14.8. The van der Waals surface area contributed by atoms with Crippen LogP contribution in [0.4, 0.5) is 0 Å².